The van der Waals surface area contributed by atoms with Crippen molar-refractivity contribution < 1.29 is 9.90 Å². The molecule has 0 spiro atoms. The SMILES string of the molecule is O=C(O)[C@@H]1Cc2ccccc2CN1CCCN1CCCC1. The minimum atomic E-state index is -0.689. The van der Waals surface area contributed by atoms with Crippen molar-refractivity contribution in [3.05, 3.63) is 35.4 Å². The minimum absolute atomic E-state index is 0.363. The van der Waals surface area contributed by atoms with Gasteiger partial charge in [0.05, 0.1) is 0 Å². The van der Waals surface area contributed by atoms with Gasteiger partial charge in [0.25, 0.3) is 0 Å². The summed E-state index contributed by atoms with van der Waals surface area (Å²) in [5, 5.41) is 9.49. The molecular weight excluding hydrogens is 264 g/mol. The molecule has 3 rings (SSSR count). The van der Waals surface area contributed by atoms with Crippen LogP contribution in [0.3, 0.4) is 0 Å². The second-order valence-electron chi connectivity index (χ2n) is 6.20. The van der Waals surface area contributed by atoms with E-state index in [4.69, 9.17) is 0 Å². The highest BCUT2D eigenvalue weighted by molar-refractivity contribution is 5.74. The third-order valence-electron chi connectivity index (χ3n) is 4.75. The molecule has 2 aliphatic heterocycles. The Morgan fingerprint density at radius 2 is 1.86 bits per heavy atom. The van der Waals surface area contributed by atoms with Gasteiger partial charge in [0, 0.05) is 13.1 Å². The number of hydrogen-bond acceptors (Lipinski definition) is 3. The first-order valence-corrected chi connectivity index (χ1v) is 8.00. The van der Waals surface area contributed by atoms with Crippen LogP contribution in [0.2, 0.25) is 0 Å². The van der Waals surface area contributed by atoms with Crippen LogP contribution in [-0.4, -0.2) is 53.1 Å². The van der Waals surface area contributed by atoms with Crippen molar-refractivity contribution in [2.75, 3.05) is 26.2 Å². The molecule has 4 nitrogen and oxygen atoms in total. The van der Waals surface area contributed by atoms with Gasteiger partial charge in [-0.2, -0.15) is 0 Å². The largest absolute Gasteiger partial charge is 0.480 e. The number of likely N-dealkylation sites (tertiary alicyclic amines) is 1. The lowest BCUT2D eigenvalue weighted by Gasteiger charge is -2.34. The lowest BCUT2D eigenvalue weighted by atomic mass is 9.94. The Balaban J connectivity index is 1.60. The summed E-state index contributed by atoms with van der Waals surface area (Å²) in [6.07, 6.45) is 4.32. The summed E-state index contributed by atoms with van der Waals surface area (Å²) in [7, 11) is 0. The average molecular weight is 288 g/mol. The summed E-state index contributed by atoms with van der Waals surface area (Å²) in [5.41, 5.74) is 2.48. The van der Waals surface area contributed by atoms with Gasteiger partial charge in [0.15, 0.2) is 0 Å². The zero-order valence-corrected chi connectivity index (χ0v) is 12.5. The maximum absolute atomic E-state index is 11.5. The van der Waals surface area contributed by atoms with Crippen molar-refractivity contribution in [3.63, 3.8) is 0 Å². The van der Waals surface area contributed by atoms with Crippen LogP contribution < -0.4 is 0 Å². The standard InChI is InChI=1S/C17H24N2O2/c20-17(21)16-12-14-6-1-2-7-15(14)13-19(16)11-5-10-18-8-3-4-9-18/h1-2,6-7,16H,3-5,8-13H2,(H,20,21)/t16-/m0/s1. The number of carbonyl (C=O) groups is 1. The molecular formula is C17H24N2O2. The van der Waals surface area contributed by atoms with E-state index in [2.05, 4.69) is 21.9 Å². The van der Waals surface area contributed by atoms with E-state index in [0.29, 0.717) is 6.42 Å². The van der Waals surface area contributed by atoms with E-state index in [1.165, 1.54) is 37.1 Å². The molecule has 0 saturated carbocycles. The van der Waals surface area contributed by atoms with Gasteiger partial charge in [-0.15, -0.1) is 0 Å². The first kappa shape index (κ1) is 14.5. The molecule has 1 saturated heterocycles. The molecule has 2 heterocycles. The number of hydrogen-bond donors (Lipinski definition) is 1. The van der Waals surface area contributed by atoms with Crippen LogP contribution in [0.1, 0.15) is 30.4 Å². The van der Waals surface area contributed by atoms with Crippen molar-refractivity contribution in [2.24, 2.45) is 0 Å². The molecule has 0 aromatic heterocycles. The van der Waals surface area contributed by atoms with Crippen molar-refractivity contribution >= 4 is 5.97 Å². The molecule has 1 atom stereocenters. The Hall–Kier alpha value is -1.39. The molecule has 21 heavy (non-hydrogen) atoms. The Morgan fingerprint density at radius 1 is 1.14 bits per heavy atom. The maximum atomic E-state index is 11.5. The number of rotatable bonds is 5. The van der Waals surface area contributed by atoms with Crippen molar-refractivity contribution in [1.82, 2.24) is 9.80 Å². The second kappa shape index (κ2) is 6.58. The monoisotopic (exact) mass is 288 g/mol. The van der Waals surface area contributed by atoms with Crippen LogP contribution in [0.25, 0.3) is 0 Å². The van der Waals surface area contributed by atoms with E-state index in [9.17, 15) is 9.90 Å². The summed E-state index contributed by atoms with van der Waals surface area (Å²) in [6.45, 7) is 5.18. The molecule has 1 aromatic carbocycles. The van der Waals surface area contributed by atoms with Crippen LogP contribution in [0.15, 0.2) is 24.3 Å². The average Bonchev–Trinajstić information content (AvgIpc) is 2.99. The number of nitrogens with zero attached hydrogens (tertiary/aromatic N) is 2. The predicted molar refractivity (Wildman–Crippen MR) is 82.3 cm³/mol. The highest BCUT2D eigenvalue weighted by Gasteiger charge is 2.30. The molecule has 1 fully saturated rings. The van der Waals surface area contributed by atoms with Crippen molar-refractivity contribution in [3.8, 4) is 0 Å². The Kier molecular flexibility index (Phi) is 4.56. The van der Waals surface area contributed by atoms with Gasteiger partial charge in [-0.25, -0.2) is 0 Å². The maximum Gasteiger partial charge on any atom is 0.321 e. The van der Waals surface area contributed by atoms with Crippen LogP contribution in [-0.2, 0) is 17.8 Å². The van der Waals surface area contributed by atoms with Gasteiger partial charge in [-0.3, -0.25) is 9.69 Å². The molecule has 0 radical (unpaired) electrons. The summed E-state index contributed by atoms with van der Waals surface area (Å²) in [6, 6.07) is 7.87. The lowest BCUT2D eigenvalue weighted by Crippen LogP contribution is -2.46. The Bertz CT molecular complexity index is 497. The summed E-state index contributed by atoms with van der Waals surface area (Å²) in [5.74, 6) is -0.689. The number of carboxylic acids is 1. The van der Waals surface area contributed by atoms with Crippen LogP contribution in [0.4, 0.5) is 0 Å². The third kappa shape index (κ3) is 3.44. The first-order chi connectivity index (χ1) is 10.2. The van der Waals surface area contributed by atoms with Gasteiger partial charge in [0.2, 0.25) is 0 Å². The number of aliphatic carboxylic acids is 1. The minimum Gasteiger partial charge on any atom is -0.480 e. The molecule has 0 aliphatic carbocycles. The molecule has 0 bridgehead atoms. The zero-order chi connectivity index (χ0) is 14.7. The quantitative estimate of drug-likeness (QED) is 0.900. The van der Waals surface area contributed by atoms with E-state index >= 15 is 0 Å². The van der Waals surface area contributed by atoms with Crippen LogP contribution >= 0.6 is 0 Å². The molecule has 1 N–H and O–H groups in total. The van der Waals surface area contributed by atoms with Crippen LogP contribution in [0.5, 0.6) is 0 Å². The van der Waals surface area contributed by atoms with E-state index < -0.39 is 5.97 Å². The predicted octanol–water partition coefficient (Wildman–Crippen LogP) is 1.98. The van der Waals surface area contributed by atoms with Gasteiger partial charge in [-0.05, 0) is 56.4 Å². The van der Waals surface area contributed by atoms with Gasteiger partial charge < -0.3 is 10.0 Å². The fourth-order valence-electron chi connectivity index (χ4n) is 3.56. The van der Waals surface area contributed by atoms with Crippen LogP contribution in [0, 0.1) is 0 Å². The van der Waals surface area contributed by atoms with Crippen molar-refractivity contribution in [2.45, 2.75) is 38.3 Å². The van der Waals surface area contributed by atoms with E-state index in [0.717, 1.165) is 26.1 Å². The van der Waals surface area contributed by atoms with Crippen molar-refractivity contribution in [1.29, 1.82) is 0 Å². The lowest BCUT2D eigenvalue weighted by molar-refractivity contribution is -0.144. The topological polar surface area (TPSA) is 43.8 Å². The molecule has 114 valence electrons. The molecule has 0 unspecified atom stereocenters. The molecule has 2 aliphatic rings. The number of benzene rings is 1. The smallest absolute Gasteiger partial charge is 0.321 e. The molecule has 0 amide bonds. The molecule has 4 heteroatoms. The summed E-state index contributed by atoms with van der Waals surface area (Å²) < 4.78 is 0. The fourth-order valence-corrected chi connectivity index (χ4v) is 3.56. The van der Waals surface area contributed by atoms with E-state index in [-0.39, 0.29) is 6.04 Å². The highest BCUT2D eigenvalue weighted by atomic mass is 16.4. The summed E-state index contributed by atoms with van der Waals surface area (Å²) >= 11 is 0. The number of carboxylic acid groups (broad SMARTS) is 1. The first-order valence-electron chi connectivity index (χ1n) is 8.00. The highest BCUT2D eigenvalue weighted by Crippen LogP contribution is 2.23. The normalized spacial score (nSPS) is 23.1. The second-order valence-corrected chi connectivity index (χ2v) is 6.20. The van der Waals surface area contributed by atoms with Gasteiger partial charge in [0.1, 0.15) is 6.04 Å². The molecule has 1 aromatic rings. The Morgan fingerprint density at radius 3 is 2.57 bits per heavy atom. The van der Waals surface area contributed by atoms with E-state index in [1.807, 2.05) is 12.1 Å². The van der Waals surface area contributed by atoms with E-state index in [1.54, 1.807) is 0 Å². The van der Waals surface area contributed by atoms with Gasteiger partial charge >= 0.3 is 5.97 Å². The fraction of sp³-hybridized carbons (Fsp3) is 0.588. The Labute approximate surface area is 126 Å². The summed E-state index contributed by atoms with van der Waals surface area (Å²) in [4.78, 5) is 16.2. The number of fused-ring (bicyclic) bond motifs is 1. The van der Waals surface area contributed by atoms with Gasteiger partial charge in [-0.1, -0.05) is 24.3 Å². The third-order valence-corrected chi connectivity index (χ3v) is 4.75. The zero-order valence-electron chi connectivity index (χ0n) is 12.5.